The Balaban J connectivity index is 2.17. The summed E-state index contributed by atoms with van der Waals surface area (Å²) >= 11 is 0. The first-order chi connectivity index (χ1) is 8.97. The van der Waals surface area contributed by atoms with Crippen LogP contribution in [0.15, 0.2) is 47.6 Å². The summed E-state index contributed by atoms with van der Waals surface area (Å²) in [7, 11) is 0. The van der Waals surface area contributed by atoms with E-state index < -0.39 is 11.8 Å². The SMILES string of the molecule is CC1=CC(=O)C(C(=O)Oc2ccc(C)cc2)=CC1=O. The van der Waals surface area contributed by atoms with Gasteiger partial charge in [-0.2, -0.15) is 0 Å². The number of rotatable bonds is 2. The highest BCUT2D eigenvalue weighted by Gasteiger charge is 2.24. The molecule has 0 saturated carbocycles. The monoisotopic (exact) mass is 256 g/mol. The van der Waals surface area contributed by atoms with Crippen molar-refractivity contribution in [2.75, 3.05) is 0 Å². The Morgan fingerprint density at radius 3 is 2.21 bits per heavy atom. The molecule has 4 heteroatoms. The van der Waals surface area contributed by atoms with Crippen LogP contribution in [0.2, 0.25) is 0 Å². The molecule has 0 unspecified atom stereocenters. The van der Waals surface area contributed by atoms with E-state index in [0.717, 1.165) is 17.7 Å². The first kappa shape index (κ1) is 13.0. The van der Waals surface area contributed by atoms with Crippen LogP contribution in [0.1, 0.15) is 12.5 Å². The molecule has 4 nitrogen and oxygen atoms in total. The molecule has 0 saturated heterocycles. The first-order valence-corrected chi connectivity index (χ1v) is 5.75. The number of ether oxygens (including phenoxy) is 1. The molecule has 0 radical (unpaired) electrons. The van der Waals surface area contributed by atoms with Crippen LogP contribution in [0, 0.1) is 6.92 Å². The molecule has 0 N–H and O–H groups in total. The van der Waals surface area contributed by atoms with Crippen molar-refractivity contribution in [3.63, 3.8) is 0 Å². The average Bonchev–Trinajstić information content (AvgIpc) is 2.36. The fourth-order valence-electron chi connectivity index (χ4n) is 1.59. The summed E-state index contributed by atoms with van der Waals surface area (Å²) in [5, 5.41) is 0. The van der Waals surface area contributed by atoms with Crippen molar-refractivity contribution >= 4 is 17.5 Å². The van der Waals surface area contributed by atoms with Gasteiger partial charge in [-0.15, -0.1) is 0 Å². The molecule has 0 heterocycles. The molecular weight excluding hydrogens is 244 g/mol. The minimum atomic E-state index is -0.814. The maximum atomic E-state index is 11.8. The Morgan fingerprint density at radius 2 is 1.58 bits per heavy atom. The minimum Gasteiger partial charge on any atom is -0.423 e. The predicted molar refractivity (Wildman–Crippen MR) is 68.7 cm³/mol. The van der Waals surface area contributed by atoms with Gasteiger partial charge < -0.3 is 4.74 Å². The predicted octanol–water partition coefficient (Wildman–Crippen LogP) is 1.92. The van der Waals surface area contributed by atoms with Crippen LogP contribution in [0.5, 0.6) is 5.75 Å². The first-order valence-electron chi connectivity index (χ1n) is 5.75. The van der Waals surface area contributed by atoms with Gasteiger partial charge in [0.1, 0.15) is 11.3 Å². The number of carbonyl (C=O) groups is 3. The summed E-state index contributed by atoms with van der Waals surface area (Å²) in [5.74, 6) is -1.33. The number of esters is 1. The maximum absolute atomic E-state index is 11.8. The third-order valence-corrected chi connectivity index (χ3v) is 2.73. The van der Waals surface area contributed by atoms with E-state index in [1.54, 1.807) is 24.3 Å². The number of ketones is 2. The fourth-order valence-corrected chi connectivity index (χ4v) is 1.59. The molecular formula is C15H12O4. The van der Waals surface area contributed by atoms with Crippen molar-refractivity contribution in [2.24, 2.45) is 0 Å². The molecule has 96 valence electrons. The molecule has 2 rings (SSSR count). The van der Waals surface area contributed by atoms with E-state index in [0.29, 0.717) is 11.3 Å². The van der Waals surface area contributed by atoms with Crippen LogP contribution in [-0.4, -0.2) is 17.5 Å². The lowest BCUT2D eigenvalue weighted by Gasteiger charge is -2.09. The highest BCUT2D eigenvalue weighted by Crippen LogP contribution is 2.16. The summed E-state index contributed by atoms with van der Waals surface area (Å²) in [6, 6.07) is 6.83. The lowest BCUT2D eigenvalue weighted by Crippen LogP contribution is -2.22. The van der Waals surface area contributed by atoms with Crippen LogP contribution < -0.4 is 4.74 Å². The van der Waals surface area contributed by atoms with E-state index in [4.69, 9.17) is 4.74 Å². The van der Waals surface area contributed by atoms with Crippen molar-refractivity contribution < 1.29 is 19.1 Å². The second-order valence-corrected chi connectivity index (χ2v) is 4.32. The standard InChI is InChI=1S/C15H12O4/c1-9-3-5-11(6-4-9)19-15(18)12-8-13(16)10(2)7-14(12)17/h3-8H,1-2H3. The van der Waals surface area contributed by atoms with Gasteiger partial charge in [0.2, 0.25) is 0 Å². The fraction of sp³-hybridized carbons (Fsp3) is 0.133. The van der Waals surface area contributed by atoms with Gasteiger partial charge in [0, 0.05) is 11.6 Å². The molecule has 0 amide bonds. The molecule has 0 aromatic heterocycles. The summed E-state index contributed by atoms with van der Waals surface area (Å²) in [4.78, 5) is 34.9. The molecule has 0 fully saturated rings. The summed E-state index contributed by atoms with van der Waals surface area (Å²) in [6.45, 7) is 3.43. The molecule has 1 aromatic rings. The van der Waals surface area contributed by atoms with E-state index in [1.165, 1.54) is 6.92 Å². The molecule has 1 aliphatic rings. The molecule has 1 aliphatic carbocycles. The Labute approximate surface area is 110 Å². The Bertz CT molecular complexity index is 618. The molecule has 1 aromatic carbocycles. The third-order valence-electron chi connectivity index (χ3n) is 2.73. The normalized spacial score (nSPS) is 14.8. The number of allylic oxidation sites excluding steroid dienone is 3. The maximum Gasteiger partial charge on any atom is 0.347 e. The zero-order valence-corrected chi connectivity index (χ0v) is 10.6. The second kappa shape index (κ2) is 5.02. The van der Waals surface area contributed by atoms with E-state index in [9.17, 15) is 14.4 Å². The zero-order chi connectivity index (χ0) is 14.0. The molecule has 0 atom stereocenters. The van der Waals surface area contributed by atoms with Gasteiger partial charge >= 0.3 is 5.97 Å². The van der Waals surface area contributed by atoms with Crippen LogP contribution in [0.4, 0.5) is 0 Å². The van der Waals surface area contributed by atoms with E-state index in [-0.39, 0.29) is 11.4 Å². The van der Waals surface area contributed by atoms with Crippen molar-refractivity contribution in [3.05, 3.63) is 53.1 Å². The summed E-state index contributed by atoms with van der Waals surface area (Å²) in [5.41, 5.74) is 1.11. The van der Waals surface area contributed by atoms with E-state index >= 15 is 0 Å². The number of benzene rings is 1. The van der Waals surface area contributed by atoms with Gasteiger partial charge in [-0.25, -0.2) is 4.79 Å². The highest BCUT2D eigenvalue weighted by molar-refractivity contribution is 6.30. The lowest BCUT2D eigenvalue weighted by atomic mass is 9.98. The van der Waals surface area contributed by atoms with Crippen LogP contribution in [-0.2, 0) is 14.4 Å². The van der Waals surface area contributed by atoms with Gasteiger partial charge in [-0.3, -0.25) is 9.59 Å². The smallest absolute Gasteiger partial charge is 0.347 e. The van der Waals surface area contributed by atoms with Crippen molar-refractivity contribution in [1.29, 1.82) is 0 Å². The number of carbonyl (C=O) groups excluding carboxylic acids is 3. The lowest BCUT2D eigenvalue weighted by molar-refractivity contribution is -0.132. The molecule has 0 aliphatic heterocycles. The van der Waals surface area contributed by atoms with Gasteiger partial charge in [-0.05, 0) is 32.1 Å². The highest BCUT2D eigenvalue weighted by atomic mass is 16.5. The molecule has 19 heavy (non-hydrogen) atoms. The van der Waals surface area contributed by atoms with Crippen LogP contribution >= 0.6 is 0 Å². The summed E-state index contributed by atoms with van der Waals surface area (Å²) in [6.07, 6.45) is 2.17. The van der Waals surface area contributed by atoms with Crippen molar-refractivity contribution in [2.45, 2.75) is 13.8 Å². The Kier molecular flexibility index (Phi) is 3.42. The third kappa shape index (κ3) is 2.85. The van der Waals surface area contributed by atoms with Gasteiger partial charge in [0.05, 0.1) is 0 Å². The second-order valence-electron chi connectivity index (χ2n) is 4.32. The molecule has 0 spiro atoms. The largest absolute Gasteiger partial charge is 0.423 e. The van der Waals surface area contributed by atoms with Crippen LogP contribution in [0.25, 0.3) is 0 Å². The Hall–Kier alpha value is -2.49. The number of aryl methyl sites for hydroxylation is 1. The number of hydrogen-bond donors (Lipinski definition) is 0. The molecule has 0 bridgehead atoms. The van der Waals surface area contributed by atoms with Gasteiger partial charge in [0.25, 0.3) is 0 Å². The topological polar surface area (TPSA) is 60.4 Å². The average molecular weight is 256 g/mol. The zero-order valence-electron chi connectivity index (χ0n) is 10.6. The van der Waals surface area contributed by atoms with Gasteiger partial charge in [0.15, 0.2) is 11.6 Å². The van der Waals surface area contributed by atoms with Crippen LogP contribution in [0.3, 0.4) is 0 Å². The van der Waals surface area contributed by atoms with E-state index in [2.05, 4.69) is 0 Å². The quantitative estimate of drug-likeness (QED) is 0.351. The van der Waals surface area contributed by atoms with Crippen molar-refractivity contribution in [1.82, 2.24) is 0 Å². The summed E-state index contributed by atoms with van der Waals surface area (Å²) < 4.78 is 5.05. The van der Waals surface area contributed by atoms with E-state index in [1.807, 2.05) is 6.92 Å². The van der Waals surface area contributed by atoms with Crippen molar-refractivity contribution in [3.8, 4) is 5.75 Å². The number of hydrogen-bond acceptors (Lipinski definition) is 4. The Morgan fingerprint density at radius 1 is 0.947 bits per heavy atom. The minimum absolute atomic E-state index is 0.240. The van der Waals surface area contributed by atoms with Gasteiger partial charge in [-0.1, -0.05) is 17.7 Å².